The number of aliphatic hydroxyl groups excluding tert-OH is 2. The van der Waals surface area contributed by atoms with E-state index in [4.69, 9.17) is 5.73 Å². The predicted octanol–water partition coefficient (Wildman–Crippen LogP) is 1.36. The summed E-state index contributed by atoms with van der Waals surface area (Å²) in [4.78, 5) is 40.3. The van der Waals surface area contributed by atoms with Gasteiger partial charge in [-0.05, 0) is 64.4 Å². The number of nitrogens with one attached hydrogen (secondary N) is 1. The summed E-state index contributed by atoms with van der Waals surface area (Å²) in [6.07, 6.45) is 0.306. The minimum absolute atomic E-state index is 0. The van der Waals surface area contributed by atoms with Crippen molar-refractivity contribution in [3.8, 4) is 5.75 Å². The lowest BCUT2D eigenvalue weighted by Crippen LogP contribution is -2.63. The van der Waals surface area contributed by atoms with Crippen LogP contribution in [0, 0.1) is 11.8 Å². The Bertz CT molecular complexity index is 1190. The van der Waals surface area contributed by atoms with Gasteiger partial charge in [0.15, 0.2) is 11.4 Å². The van der Waals surface area contributed by atoms with E-state index in [2.05, 4.69) is 5.32 Å². The number of halogens is 1. The van der Waals surface area contributed by atoms with Crippen LogP contribution in [0.2, 0.25) is 0 Å². The number of rotatable bonds is 4. The number of fused-ring (bicyclic) bond motifs is 3. The summed E-state index contributed by atoms with van der Waals surface area (Å²) < 4.78 is 0. The maximum atomic E-state index is 13.5. The highest BCUT2D eigenvalue weighted by Gasteiger charge is 2.63. The highest BCUT2D eigenvalue weighted by atomic mass is 35.5. The Labute approximate surface area is 208 Å². The molecule has 0 radical (unpaired) electrons. The van der Waals surface area contributed by atoms with Crippen LogP contribution < -0.4 is 11.1 Å². The first kappa shape index (κ1) is 26.5. The van der Waals surface area contributed by atoms with Crippen molar-refractivity contribution < 1.29 is 34.8 Å². The Morgan fingerprint density at radius 3 is 2.37 bits per heavy atom. The average molecular weight is 508 g/mol. The number of aromatic hydroxyl groups is 1. The number of phenolic OH excluding ortho intramolecular Hbond substituents is 1. The molecule has 4 rings (SSSR count). The number of hydrogen-bond acceptors (Lipinski definition) is 9. The number of amides is 1. The smallest absolute Gasteiger partial charge is 0.255 e. The molecule has 0 spiro atoms. The molecule has 11 heteroatoms. The van der Waals surface area contributed by atoms with Gasteiger partial charge in [0.05, 0.1) is 11.6 Å². The molecule has 4 atom stereocenters. The van der Waals surface area contributed by atoms with Crippen molar-refractivity contribution in [1.29, 1.82) is 0 Å². The topological polar surface area (TPSA) is 173 Å². The number of benzene rings is 1. The fourth-order valence-corrected chi connectivity index (χ4v) is 5.70. The molecule has 1 aromatic carbocycles. The lowest BCUT2D eigenvalue weighted by atomic mass is 9.58. The van der Waals surface area contributed by atoms with Crippen molar-refractivity contribution in [2.75, 3.05) is 19.4 Å². The standard InChI is InChI=1S/C24H29N3O7.ClH/c1-9(2)26-13-5-6-14(28)16-11(13)7-10-8-12-18(27(3)4)20(30)17(23(25)33)22(32)24(12,34)21(31)15(10)19(16)29;/h5-6,9-10,12,18,26,28,30-31,34H,7-8H2,1-4H3,(H2,25,33);1H/t10?,12?,18-,24-;/m0./s1. The Morgan fingerprint density at radius 1 is 1.20 bits per heavy atom. The van der Waals surface area contributed by atoms with E-state index < -0.39 is 58.0 Å². The van der Waals surface area contributed by atoms with Gasteiger partial charge in [0.2, 0.25) is 5.78 Å². The van der Waals surface area contributed by atoms with Crippen molar-refractivity contribution in [3.63, 3.8) is 0 Å². The monoisotopic (exact) mass is 507 g/mol. The summed E-state index contributed by atoms with van der Waals surface area (Å²) in [5.41, 5.74) is 2.94. The van der Waals surface area contributed by atoms with E-state index in [1.807, 2.05) is 13.8 Å². The number of carbonyl (C=O) groups is 3. The molecule has 35 heavy (non-hydrogen) atoms. The predicted molar refractivity (Wildman–Crippen MR) is 130 cm³/mol. The Morgan fingerprint density at radius 2 is 1.83 bits per heavy atom. The Kier molecular flexibility index (Phi) is 6.71. The van der Waals surface area contributed by atoms with Crippen molar-refractivity contribution in [3.05, 3.63) is 45.9 Å². The van der Waals surface area contributed by atoms with Crippen molar-refractivity contribution in [2.24, 2.45) is 17.6 Å². The molecule has 0 aromatic heterocycles. The van der Waals surface area contributed by atoms with Gasteiger partial charge >= 0.3 is 0 Å². The molecule has 0 bridgehead atoms. The normalized spacial score (nSPS) is 27.9. The van der Waals surface area contributed by atoms with E-state index in [1.54, 1.807) is 20.2 Å². The molecule has 3 aliphatic rings. The average Bonchev–Trinajstić information content (AvgIpc) is 2.72. The highest BCUT2D eigenvalue weighted by molar-refractivity contribution is 6.24. The van der Waals surface area contributed by atoms with Crippen LogP contribution in [0.15, 0.2) is 34.8 Å². The Balaban J connectivity index is 0.00000342. The van der Waals surface area contributed by atoms with Gasteiger partial charge in [-0.2, -0.15) is 0 Å². The third kappa shape index (κ3) is 3.67. The number of nitrogens with two attached hydrogens (primary N) is 1. The van der Waals surface area contributed by atoms with Crippen LogP contribution in [0.25, 0.3) is 0 Å². The fraction of sp³-hybridized carbons (Fsp3) is 0.458. The molecule has 0 aliphatic heterocycles. The molecule has 190 valence electrons. The van der Waals surface area contributed by atoms with Crippen LogP contribution in [-0.4, -0.2) is 74.6 Å². The second-order valence-electron chi connectivity index (χ2n) is 9.75. The van der Waals surface area contributed by atoms with E-state index in [-0.39, 0.29) is 48.2 Å². The zero-order valence-electron chi connectivity index (χ0n) is 19.8. The summed E-state index contributed by atoms with van der Waals surface area (Å²) in [6.45, 7) is 3.87. The van der Waals surface area contributed by atoms with E-state index in [0.717, 1.165) is 0 Å². The Hall–Kier alpha value is -3.08. The van der Waals surface area contributed by atoms with Crippen molar-refractivity contribution >= 4 is 35.6 Å². The van der Waals surface area contributed by atoms with Crippen molar-refractivity contribution in [2.45, 2.75) is 44.4 Å². The van der Waals surface area contributed by atoms with Gasteiger partial charge < -0.3 is 31.5 Å². The van der Waals surface area contributed by atoms with E-state index >= 15 is 0 Å². The molecule has 10 nitrogen and oxygen atoms in total. The highest BCUT2D eigenvalue weighted by Crippen LogP contribution is 2.52. The molecule has 3 aliphatic carbocycles. The summed E-state index contributed by atoms with van der Waals surface area (Å²) in [7, 11) is 3.19. The maximum absolute atomic E-state index is 13.5. The number of hydrogen-bond donors (Lipinski definition) is 6. The largest absolute Gasteiger partial charge is 0.510 e. The lowest BCUT2D eigenvalue weighted by Gasteiger charge is -2.50. The number of anilines is 1. The number of primary amides is 1. The number of carbonyl (C=O) groups excluding carboxylic acids is 3. The first-order valence-electron chi connectivity index (χ1n) is 11.1. The molecular weight excluding hydrogens is 478 g/mol. The van der Waals surface area contributed by atoms with E-state index in [1.165, 1.54) is 11.0 Å². The minimum atomic E-state index is -2.63. The number of phenols is 1. The molecule has 0 fully saturated rings. The molecule has 1 amide bonds. The fourth-order valence-electron chi connectivity index (χ4n) is 5.70. The molecular formula is C24H30ClN3O7. The number of likely N-dealkylation sites (N-methyl/N-ethyl adjacent to an activating group) is 1. The number of allylic oxidation sites excluding steroid dienone is 1. The van der Waals surface area contributed by atoms with Gasteiger partial charge in [-0.1, -0.05) is 0 Å². The van der Waals surface area contributed by atoms with E-state index in [0.29, 0.717) is 11.3 Å². The molecule has 0 saturated heterocycles. The first-order chi connectivity index (χ1) is 15.8. The van der Waals surface area contributed by atoms with Gasteiger partial charge in [-0.15, -0.1) is 12.4 Å². The van der Waals surface area contributed by atoms with Crippen LogP contribution >= 0.6 is 12.4 Å². The van der Waals surface area contributed by atoms with Gasteiger partial charge in [0, 0.05) is 23.2 Å². The third-order valence-electron chi connectivity index (χ3n) is 7.05. The second-order valence-corrected chi connectivity index (χ2v) is 9.75. The van der Waals surface area contributed by atoms with Crippen LogP contribution in [0.1, 0.15) is 36.2 Å². The van der Waals surface area contributed by atoms with Gasteiger partial charge in [-0.25, -0.2) is 0 Å². The zero-order chi connectivity index (χ0) is 25.3. The third-order valence-corrected chi connectivity index (χ3v) is 7.05. The minimum Gasteiger partial charge on any atom is -0.510 e. The van der Waals surface area contributed by atoms with Gasteiger partial charge in [0.1, 0.15) is 22.8 Å². The van der Waals surface area contributed by atoms with Crippen molar-refractivity contribution in [1.82, 2.24) is 4.90 Å². The summed E-state index contributed by atoms with van der Waals surface area (Å²) in [6, 6.07) is 2.09. The second kappa shape index (κ2) is 8.85. The zero-order valence-corrected chi connectivity index (χ0v) is 20.6. The molecule has 7 N–H and O–H groups in total. The molecule has 0 heterocycles. The lowest BCUT2D eigenvalue weighted by molar-refractivity contribution is -0.148. The quantitative estimate of drug-likeness (QED) is 0.260. The van der Waals surface area contributed by atoms with Crippen LogP contribution in [0.5, 0.6) is 5.75 Å². The summed E-state index contributed by atoms with van der Waals surface area (Å²) in [5.74, 6) is -6.57. The maximum Gasteiger partial charge on any atom is 0.255 e. The summed E-state index contributed by atoms with van der Waals surface area (Å²) >= 11 is 0. The SMILES string of the molecule is CC(C)Nc1ccc(O)c2c1CC1CC3[C@H](N(C)C)C(O)=C(C(N)=O)C(=O)[C@@]3(O)C(O)=C1C2=O.Cl. The summed E-state index contributed by atoms with van der Waals surface area (Å²) in [5, 5.41) is 47.3. The van der Waals surface area contributed by atoms with Crippen LogP contribution in [-0.2, 0) is 16.0 Å². The van der Waals surface area contributed by atoms with E-state index in [9.17, 15) is 34.8 Å². The van der Waals surface area contributed by atoms with Gasteiger partial charge in [0.25, 0.3) is 5.91 Å². The first-order valence-corrected chi connectivity index (χ1v) is 11.1. The van der Waals surface area contributed by atoms with Gasteiger partial charge in [-0.3, -0.25) is 19.3 Å². The molecule has 2 unspecified atom stereocenters. The number of aliphatic hydroxyl groups is 3. The van der Waals surface area contributed by atoms with Crippen LogP contribution in [0.3, 0.4) is 0 Å². The number of Topliss-reactive ketones (excluding diaryl/α,β-unsaturated/α-hetero) is 2. The number of ketones is 2. The number of nitrogens with zero attached hydrogens (tertiary/aromatic N) is 1. The molecule has 0 saturated carbocycles. The van der Waals surface area contributed by atoms with Crippen LogP contribution in [0.4, 0.5) is 5.69 Å². The molecule has 1 aromatic rings.